The second kappa shape index (κ2) is 9.06. The number of hydrogen-bond acceptors (Lipinski definition) is 6. The van der Waals surface area contributed by atoms with Crippen molar-refractivity contribution in [1.29, 1.82) is 0 Å². The highest BCUT2D eigenvalue weighted by atomic mass is 32.2. The number of sulfonamides is 1. The summed E-state index contributed by atoms with van der Waals surface area (Å²) in [6.07, 6.45) is 1.35. The number of thiazole rings is 1. The van der Waals surface area contributed by atoms with Crippen molar-refractivity contribution in [3.8, 4) is 5.75 Å². The number of hydrogen-bond donors (Lipinski definition) is 2. The predicted molar refractivity (Wildman–Crippen MR) is 114 cm³/mol. The fourth-order valence-corrected chi connectivity index (χ4v) is 4.34. The van der Waals surface area contributed by atoms with Crippen molar-refractivity contribution < 1.29 is 17.9 Å². The van der Waals surface area contributed by atoms with Gasteiger partial charge in [0, 0.05) is 17.3 Å². The molecule has 0 bridgehead atoms. The monoisotopic (exact) mass is 431 g/mol. The van der Waals surface area contributed by atoms with Crippen molar-refractivity contribution in [1.82, 2.24) is 4.98 Å². The molecule has 2 N–H and O–H groups in total. The summed E-state index contributed by atoms with van der Waals surface area (Å²) < 4.78 is 33.0. The third-order valence-corrected chi connectivity index (χ3v) is 6.28. The fraction of sp³-hybridized carbons (Fsp3) is 0.200. The Hall–Kier alpha value is -2.91. The highest BCUT2D eigenvalue weighted by molar-refractivity contribution is 7.93. The van der Waals surface area contributed by atoms with Crippen LogP contribution in [0.4, 0.5) is 10.8 Å². The minimum absolute atomic E-state index is 0.0777. The Morgan fingerprint density at radius 1 is 1.17 bits per heavy atom. The number of carbonyl (C=O) groups excluding carboxylic acids is 1. The zero-order valence-corrected chi connectivity index (χ0v) is 17.6. The minimum Gasteiger partial charge on any atom is -0.480 e. The summed E-state index contributed by atoms with van der Waals surface area (Å²) in [4.78, 5) is 16.6. The van der Waals surface area contributed by atoms with E-state index in [9.17, 15) is 13.2 Å². The number of para-hydroxylation sites is 1. The fourth-order valence-electron chi connectivity index (χ4n) is 2.55. The molecule has 29 heavy (non-hydrogen) atoms. The van der Waals surface area contributed by atoms with Gasteiger partial charge in [-0.2, -0.15) is 0 Å². The number of benzene rings is 2. The summed E-state index contributed by atoms with van der Waals surface area (Å²) in [6.45, 7) is 3.78. The summed E-state index contributed by atoms with van der Waals surface area (Å²) >= 11 is 1.19. The number of nitrogens with zero attached hydrogens (tertiary/aromatic N) is 1. The molecule has 1 amide bonds. The van der Waals surface area contributed by atoms with E-state index in [4.69, 9.17) is 4.74 Å². The van der Waals surface area contributed by atoms with E-state index in [1.807, 2.05) is 38.1 Å². The van der Waals surface area contributed by atoms with E-state index in [-0.39, 0.29) is 10.8 Å². The van der Waals surface area contributed by atoms with Crippen molar-refractivity contribution in [2.24, 2.45) is 0 Å². The Bertz CT molecular complexity index is 1070. The summed E-state index contributed by atoms with van der Waals surface area (Å²) in [5, 5.41) is 4.74. The van der Waals surface area contributed by atoms with Crippen LogP contribution in [0.2, 0.25) is 0 Å². The number of rotatable bonds is 8. The van der Waals surface area contributed by atoms with Crippen LogP contribution in [0.3, 0.4) is 0 Å². The highest BCUT2D eigenvalue weighted by Gasteiger charge is 2.20. The molecule has 0 saturated heterocycles. The van der Waals surface area contributed by atoms with E-state index < -0.39 is 16.1 Å². The van der Waals surface area contributed by atoms with Crippen molar-refractivity contribution in [2.75, 3.05) is 10.0 Å². The first kappa shape index (κ1) is 20.8. The van der Waals surface area contributed by atoms with Crippen LogP contribution in [0.1, 0.15) is 18.9 Å². The van der Waals surface area contributed by atoms with Gasteiger partial charge in [0.15, 0.2) is 11.2 Å². The molecule has 0 saturated carbocycles. The Morgan fingerprint density at radius 2 is 1.90 bits per heavy atom. The van der Waals surface area contributed by atoms with Crippen LogP contribution >= 0.6 is 11.3 Å². The van der Waals surface area contributed by atoms with Crippen LogP contribution in [-0.4, -0.2) is 25.4 Å². The topological polar surface area (TPSA) is 97.4 Å². The SMILES string of the molecule is CCC(Oc1ccccc1C)C(=O)Nc1ccc(S(=O)(=O)Nc2nccs2)cc1. The quantitative estimate of drug-likeness (QED) is 0.561. The number of aryl methyl sites for hydroxylation is 1. The van der Waals surface area contributed by atoms with Crippen LogP contribution in [0, 0.1) is 6.92 Å². The molecular formula is C20H21N3O4S2. The van der Waals surface area contributed by atoms with Gasteiger partial charge < -0.3 is 10.1 Å². The smallest absolute Gasteiger partial charge is 0.265 e. The average Bonchev–Trinajstić information content (AvgIpc) is 3.20. The molecule has 2 aromatic carbocycles. The maximum absolute atomic E-state index is 12.6. The Labute approximate surface area is 173 Å². The van der Waals surface area contributed by atoms with Gasteiger partial charge >= 0.3 is 0 Å². The third-order valence-electron chi connectivity index (χ3n) is 4.11. The molecule has 152 valence electrons. The Morgan fingerprint density at radius 3 is 2.52 bits per heavy atom. The molecule has 9 heteroatoms. The average molecular weight is 432 g/mol. The second-order valence-electron chi connectivity index (χ2n) is 6.24. The largest absolute Gasteiger partial charge is 0.480 e. The molecule has 1 atom stereocenters. The molecule has 1 aromatic heterocycles. The minimum atomic E-state index is -3.73. The number of anilines is 2. The predicted octanol–water partition coefficient (Wildman–Crippen LogP) is 4.05. The molecule has 3 rings (SSSR count). The Kier molecular flexibility index (Phi) is 6.50. The summed E-state index contributed by atoms with van der Waals surface area (Å²) in [5.41, 5.74) is 1.43. The zero-order chi connectivity index (χ0) is 20.9. The summed E-state index contributed by atoms with van der Waals surface area (Å²) in [6, 6.07) is 13.4. The van der Waals surface area contributed by atoms with E-state index in [2.05, 4.69) is 15.0 Å². The molecule has 3 aromatic rings. The van der Waals surface area contributed by atoms with E-state index >= 15 is 0 Å². The molecule has 1 unspecified atom stereocenters. The maximum atomic E-state index is 12.6. The van der Waals surface area contributed by atoms with Crippen molar-refractivity contribution >= 4 is 38.1 Å². The first-order valence-electron chi connectivity index (χ1n) is 8.94. The lowest BCUT2D eigenvalue weighted by molar-refractivity contribution is -0.122. The standard InChI is InChI=1S/C20H21N3O4S2/c1-3-17(27-18-7-5-4-6-14(18)2)19(24)22-15-8-10-16(11-9-15)29(25,26)23-20-21-12-13-28-20/h4-13,17H,3H2,1-2H3,(H,21,23)(H,22,24). The molecule has 1 heterocycles. The summed E-state index contributed by atoms with van der Waals surface area (Å²) in [7, 11) is -3.73. The zero-order valence-electron chi connectivity index (χ0n) is 16.0. The van der Waals surface area contributed by atoms with E-state index in [0.29, 0.717) is 23.0 Å². The Balaban J connectivity index is 1.66. The lowest BCUT2D eigenvalue weighted by atomic mass is 10.2. The normalized spacial score (nSPS) is 12.2. The lowest BCUT2D eigenvalue weighted by Crippen LogP contribution is -2.32. The first-order valence-corrected chi connectivity index (χ1v) is 11.3. The van der Waals surface area contributed by atoms with Crippen molar-refractivity contribution in [3.05, 3.63) is 65.7 Å². The van der Waals surface area contributed by atoms with Crippen LogP contribution in [0.5, 0.6) is 5.75 Å². The van der Waals surface area contributed by atoms with Gasteiger partial charge in [-0.15, -0.1) is 11.3 Å². The van der Waals surface area contributed by atoms with Gasteiger partial charge in [0.1, 0.15) is 5.75 Å². The van der Waals surface area contributed by atoms with Crippen LogP contribution in [0.25, 0.3) is 0 Å². The molecule has 7 nitrogen and oxygen atoms in total. The van der Waals surface area contributed by atoms with Crippen LogP contribution in [0.15, 0.2) is 65.0 Å². The van der Waals surface area contributed by atoms with Crippen LogP contribution in [-0.2, 0) is 14.8 Å². The molecule has 0 aliphatic carbocycles. The summed E-state index contributed by atoms with van der Waals surface area (Å²) in [5.74, 6) is 0.358. The van der Waals surface area contributed by atoms with E-state index in [0.717, 1.165) is 5.56 Å². The van der Waals surface area contributed by atoms with Gasteiger partial charge in [-0.25, -0.2) is 13.4 Å². The molecule has 0 radical (unpaired) electrons. The first-order chi connectivity index (χ1) is 13.9. The van der Waals surface area contributed by atoms with Gasteiger partial charge in [-0.05, 0) is 49.2 Å². The number of carbonyl (C=O) groups is 1. The van der Waals surface area contributed by atoms with Gasteiger partial charge in [-0.1, -0.05) is 25.1 Å². The van der Waals surface area contributed by atoms with Crippen molar-refractivity contribution in [3.63, 3.8) is 0 Å². The molecule has 0 spiro atoms. The number of nitrogens with one attached hydrogen (secondary N) is 2. The van der Waals surface area contributed by atoms with E-state index in [1.54, 1.807) is 5.38 Å². The van der Waals surface area contributed by atoms with Gasteiger partial charge in [0.2, 0.25) is 0 Å². The molecule has 0 fully saturated rings. The van der Waals surface area contributed by atoms with E-state index in [1.165, 1.54) is 41.8 Å². The lowest BCUT2D eigenvalue weighted by Gasteiger charge is -2.18. The third kappa shape index (κ3) is 5.33. The van der Waals surface area contributed by atoms with Gasteiger partial charge in [0.05, 0.1) is 4.90 Å². The maximum Gasteiger partial charge on any atom is 0.265 e. The second-order valence-corrected chi connectivity index (χ2v) is 8.81. The highest BCUT2D eigenvalue weighted by Crippen LogP contribution is 2.21. The van der Waals surface area contributed by atoms with Gasteiger partial charge in [0.25, 0.3) is 15.9 Å². The number of amides is 1. The number of aromatic nitrogens is 1. The van der Waals surface area contributed by atoms with Crippen molar-refractivity contribution in [2.45, 2.75) is 31.3 Å². The molecule has 0 aliphatic rings. The van der Waals surface area contributed by atoms with Crippen LogP contribution < -0.4 is 14.8 Å². The molecule has 0 aliphatic heterocycles. The number of ether oxygens (including phenoxy) is 1. The van der Waals surface area contributed by atoms with Gasteiger partial charge in [-0.3, -0.25) is 9.52 Å². The molecular weight excluding hydrogens is 410 g/mol.